The van der Waals surface area contributed by atoms with E-state index in [1.807, 2.05) is 0 Å². The van der Waals surface area contributed by atoms with Gasteiger partial charge in [0.05, 0.1) is 19.1 Å². The molecule has 0 fully saturated rings. The molecule has 0 spiro atoms. The summed E-state index contributed by atoms with van der Waals surface area (Å²) in [5.74, 6) is -2.70. The molecule has 0 bridgehead atoms. The van der Waals surface area contributed by atoms with E-state index in [1.54, 1.807) is 6.92 Å². The van der Waals surface area contributed by atoms with Crippen molar-refractivity contribution in [1.82, 2.24) is 5.32 Å². The SMILES string of the molecule is CCOC(=O)C(C)OC(=O)C=C(C)NCC(=O)[O-].[Na+]. The number of ether oxygens (including phenoxy) is 2. The Morgan fingerprint density at radius 1 is 1.37 bits per heavy atom. The van der Waals surface area contributed by atoms with Gasteiger partial charge in [-0.15, -0.1) is 0 Å². The normalized spacial score (nSPS) is 11.8. The maximum absolute atomic E-state index is 11.3. The molecule has 0 aromatic heterocycles. The molecule has 7 nitrogen and oxygen atoms in total. The van der Waals surface area contributed by atoms with E-state index >= 15 is 0 Å². The van der Waals surface area contributed by atoms with Gasteiger partial charge in [0.1, 0.15) is 0 Å². The van der Waals surface area contributed by atoms with E-state index < -0.39 is 30.6 Å². The van der Waals surface area contributed by atoms with Crippen molar-refractivity contribution in [1.29, 1.82) is 0 Å². The number of esters is 2. The summed E-state index contributed by atoms with van der Waals surface area (Å²) in [6.07, 6.45) is 0.0289. The van der Waals surface area contributed by atoms with Gasteiger partial charge in [-0.3, -0.25) is 0 Å². The van der Waals surface area contributed by atoms with E-state index in [2.05, 4.69) is 10.1 Å². The molecule has 0 aliphatic heterocycles. The van der Waals surface area contributed by atoms with Gasteiger partial charge < -0.3 is 24.7 Å². The van der Waals surface area contributed by atoms with Gasteiger partial charge >= 0.3 is 41.5 Å². The van der Waals surface area contributed by atoms with Gasteiger partial charge in [0, 0.05) is 11.8 Å². The fourth-order valence-electron chi connectivity index (χ4n) is 0.955. The van der Waals surface area contributed by atoms with Gasteiger partial charge in [-0.1, -0.05) is 0 Å². The molecular formula is C11H16NNaO6. The van der Waals surface area contributed by atoms with Crippen molar-refractivity contribution in [2.24, 2.45) is 0 Å². The molecule has 0 aliphatic carbocycles. The summed E-state index contributed by atoms with van der Waals surface area (Å²) >= 11 is 0. The van der Waals surface area contributed by atoms with Crippen LogP contribution in [0.3, 0.4) is 0 Å². The number of hydrogen-bond acceptors (Lipinski definition) is 7. The molecule has 0 saturated carbocycles. The molecule has 0 aromatic rings. The third-order valence-corrected chi connectivity index (χ3v) is 1.76. The van der Waals surface area contributed by atoms with Gasteiger partial charge in [0.15, 0.2) is 6.10 Å². The monoisotopic (exact) mass is 281 g/mol. The van der Waals surface area contributed by atoms with Gasteiger partial charge in [-0.05, 0) is 20.8 Å². The van der Waals surface area contributed by atoms with E-state index in [9.17, 15) is 19.5 Å². The van der Waals surface area contributed by atoms with Gasteiger partial charge in [0.2, 0.25) is 0 Å². The number of allylic oxidation sites excluding steroid dienone is 1. The predicted octanol–water partition coefficient (Wildman–Crippen LogP) is -4.27. The van der Waals surface area contributed by atoms with Crippen LogP contribution in [-0.2, 0) is 23.9 Å². The molecule has 0 radical (unpaired) electrons. The molecule has 0 aromatic carbocycles. The number of carbonyl (C=O) groups is 3. The average molecular weight is 281 g/mol. The molecule has 0 rings (SSSR count). The fourth-order valence-corrected chi connectivity index (χ4v) is 0.955. The summed E-state index contributed by atoms with van der Waals surface area (Å²) in [7, 11) is 0. The summed E-state index contributed by atoms with van der Waals surface area (Å²) in [4.78, 5) is 32.6. The second kappa shape index (κ2) is 10.8. The molecule has 8 heteroatoms. The molecular weight excluding hydrogens is 265 g/mol. The number of carbonyl (C=O) groups excluding carboxylic acids is 3. The van der Waals surface area contributed by atoms with Crippen LogP contribution in [0.25, 0.3) is 0 Å². The Balaban J connectivity index is 0. The zero-order valence-corrected chi connectivity index (χ0v) is 13.5. The largest absolute Gasteiger partial charge is 1.00 e. The van der Waals surface area contributed by atoms with E-state index in [4.69, 9.17) is 4.74 Å². The third kappa shape index (κ3) is 10.5. The predicted molar refractivity (Wildman–Crippen MR) is 59.0 cm³/mol. The Morgan fingerprint density at radius 2 is 1.95 bits per heavy atom. The molecule has 0 saturated heterocycles. The van der Waals surface area contributed by atoms with Crippen molar-refractivity contribution < 1.29 is 58.5 Å². The fraction of sp³-hybridized carbons (Fsp3) is 0.545. The Kier molecular flexibility index (Phi) is 11.6. The van der Waals surface area contributed by atoms with Crippen LogP contribution in [-0.4, -0.2) is 37.2 Å². The van der Waals surface area contributed by atoms with Crippen molar-refractivity contribution in [3.8, 4) is 0 Å². The maximum Gasteiger partial charge on any atom is 1.00 e. The number of hydrogen-bond donors (Lipinski definition) is 1. The number of carboxylic acids is 1. The first-order valence-electron chi connectivity index (χ1n) is 5.36. The zero-order valence-electron chi connectivity index (χ0n) is 11.5. The Bertz CT molecular complexity index is 355. The second-order valence-corrected chi connectivity index (χ2v) is 3.38. The zero-order chi connectivity index (χ0) is 14.1. The van der Waals surface area contributed by atoms with E-state index in [1.165, 1.54) is 13.8 Å². The van der Waals surface area contributed by atoms with Crippen molar-refractivity contribution in [3.05, 3.63) is 11.8 Å². The van der Waals surface area contributed by atoms with Crippen molar-refractivity contribution in [2.45, 2.75) is 26.9 Å². The number of carboxylic acid groups (broad SMARTS) is 1. The molecule has 1 unspecified atom stereocenters. The first-order chi connectivity index (χ1) is 8.36. The van der Waals surface area contributed by atoms with Crippen LogP contribution < -0.4 is 40.0 Å². The first kappa shape index (κ1) is 20.3. The Hall–Kier alpha value is -1.05. The van der Waals surface area contributed by atoms with Crippen LogP contribution in [0.4, 0.5) is 0 Å². The van der Waals surface area contributed by atoms with E-state index in [0.29, 0.717) is 5.70 Å². The number of rotatable bonds is 7. The Labute approximate surface area is 133 Å². The summed E-state index contributed by atoms with van der Waals surface area (Å²) in [5, 5.41) is 12.6. The molecule has 0 amide bonds. The minimum Gasteiger partial charge on any atom is -0.548 e. The second-order valence-electron chi connectivity index (χ2n) is 3.38. The van der Waals surface area contributed by atoms with Crippen molar-refractivity contribution in [3.63, 3.8) is 0 Å². The standard InChI is InChI=1S/C11H17NO6.Na/c1-4-17-11(16)8(3)18-10(15)5-7(2)12-6-9(13)14;/h5,8,12H,4,6H2,1-3H3,(H,13,14);/q;+1/p-1. The average Bonchev–Trinajstić information content (AvgIpc) is 2.26. The summed E-state index contributed by atoms with van der Waals surface area (Å²) < 4.78 is 9.40. The van der Waals surface area contributed by atoms with E-state index in [-0.39, 0.29) is 36.2 Å². The minimum atomic E-state index is -1.30. The van der Waals surface area contributed by atoms with E-state index in [0.717, 1.165) is 6.08 Å². The summed E-state index contributed by atoms with van der Waals surface area (Å²) in [6.45, 7) is 4.29. The van der Waals surface area contributed by atoms with Crippen LogP contribution in [0.15, 0.2) is 11.8 Å². The van der Waals surface area contributed by atoms with Crippen LogP contribution in [0.2, 0.25) is 0 Å². The quantitative estimate of drug-likeness (QED) is 0.286. The van der Waals surface area contributed by atoms with Crippen LogP contribution in [0, 0.1) is 0 Å². The third-order valence-electron chi connectivity index (χ3n) is 1.76. The Morgan fingerprint density at radius 3 is 2.42 bits per heavy atom. The van der Waals surface area contributed by atoms with Gasteiger partial charge in [-0.2, -0.15) is 0 Å². The van der Waals surface area contributed by atoms with Gasteiger partial charge in [0.25, 0.3) is 0 Å². The van der Waals surface area contributed by atoms with Crippen molar-refractivity contribution >= 4 is 17.9 Å². The molecule has 0 aliphatic rings. The van der Waals surface area contributed by atoms with Crippen LogP contribution in [0.5, 0.6) is 0 Å². The van der Waals surface area contributed by atoms with Gasteiger partial charge in [-0.25, -0.2) is 9.59 Å². The van der Waals surface area contributed by atoms with Crippen LogP contribution >= 0.6 is 0 Å². The molecule has 102 valence electrons. The molecule has 1 atom stereocenters. The minimum absolute atomic E-state index is 0. The maximum atomic E-state index is 11.3. The molecule has 1 N–H and O–H groups in total. The van der Waals surface area contributed by atoms with Crippen molar-refractivity contribution in [2.75, 3.05) is 13.2 Å². The molecule has 19 heavy (non-hydrogen) atoms. The molecule has 0 heterocycles. The number of nitrogens with one attached hydrogen (secondary N) is 1. The topological polar surface area (TPSA) is 105 Å². The summed E-state index contributed by atoms with van der Waals surface area (Å²) in [6, 6.07) is 0. The smallest absolute Gasteiger partial charge is 0.548 e. The first-order valence-corrected chi connectivity index (χ1v) is 5.36. The number of aliphatic carboxylic acids is 1. The summed E-state index contributed by atoms with van der Waals surface area (Å²) in [5.41, 5.74) is 0.292. The van der Waals surface area contributed by atoms with Crippen LogP contribution in [0.1, 0.15) is 20.8 Å².